The third-order valence-electron chi connectivity index (χ3n) is 4.09. The highest BCUT2D eigenvalue weighted by molar-refractivity contribution is 7.92. The molecule has 1 N–H and O–H groups in total. The van der Waals surface area contributed by atoms with Gasteiger partial charge >= 0.3 is 0 Å². The van der Waals surface area contributed by atoms with E-state index in [2.05, 4.69) is 5.32 Å². The van der Waals surface area contributed by atoms with Crippen molar-refractivity contribution in [3.63, 3.8) is 0 Å². The Balaban J connectivity index is 2.36. The monoisotopic (exact) mass is 394 g/mol. The van der Waals surface area contributed by atoms with Gasteiger partial charge in [-0.3, -0.25) is 9.10 Å². The van der Waals surface area contributed by atoms with Gasteiger partial charge in [-0.2, -0.15) is 0 Å². The van der Waals surface area contributed by atoms with Crippen LogP contribution < -0.4 is 9.62 Å². The van der Waals surface area contributed by atoms with Crippen LogP contribution in [0.4, 0.5) is 11.4 Å². The van der Waals surface area contributed by atoms with E-state index in [9.17, 15) is 13.2 Å². The molecular weight excluding hydrogens is 372 g/mol. The molecule has 0 radical (unpaired) electrons. The van der Waals surface area contributed by atoms with E-state index in [4.69, 9.17) is 11.6 Å². The number of amides is 1. The summed E-state index contributed by atoms with van der Waals surface area (Å²) in [5, 5.41) is 3.36. The lowest BCUT2D eigenvalue weighted by atomic mass is 10.0. The van der Waals surface area contributed by atoms with Crippen LogP contribution >= 0.6 is 11.6 Å². The number of hydrogen-bond acceptors (Lipinski definition) is 3. The first-order valence-corrected chi connectivity index (χ1v) is 10.4. The highest BCUT2D eigenvalue weighted by Gasteiger charge is 2.29. The van der Waals surface area contributed by atoms with E-state index in [0.717, 1.165) is 27.3 Å². The molecular formula is C19H23ClN2O3S. The second-order valence-electron chi connectivity index (χ2n) is 6.47. The second kappa shape index (κ2) is 7.68. The molecule has 0 aliphatic rings. The molecule has 2 aromatic carbocycles. The van der Waals surface area contributed by atoms with Crippen molar-refractivity contribution in [2.24, 2.45) is 0 Å². The summed E-state index contributed by atoms with van der Waals surface area (Å²) in [6.07, 6.45) is 1.08. The molecule has 0 spiro atoms. The molecule has 7 heteroatoms. The number of benzene rings is 2. The Bertz CT molecular complexity index is 901. The highest BCUT2D eigenvalue weighted by Crippen LogP contribution is 2.25. The van der Waals surface area contributed by atoms with Crippen LogP contribution in [0.25, 0.3) is 0 Å². The van der Waals surface area contributed by atoms with E-state index in [-0.39, 0.29) is 0 Å². The zero-order valence-corrected chi connectivity index (χ0v) is 17.1. The minimum absolute atomic E-state index is 0.386. The molecule has 0 bridgehead atoms. The van der Waals surface area contributed by atoms with E-state index in [1.165, 1.54) is 0 Å². The van der Waals surface area contributed by atoms with Crippen molar-refractivity contribution in [3.8, 4) is 0 Å². The molecule has 1 atom stereocenters. The molecule has 2 aromatic rings. The standard InChI is InChI=1S/C19H23ClN2O3S/c1-12-10-13(2)18(14(3)11-12)21-19(23)15(4)22(26(5,24)25)17-8-6-16(20)7-9-17/h6-11,15H,1-5H3,(H,21,23)/t15-/m1/s1. The lowest BCUT2D eigenvalue weighted by molar-refractivity contribution is -0.116. The fourth-order valence-corrected chi connectivity index (χ4v) is 4.30. The van der Waals surface area contributed by atoms with E-state index in [0.29, 0.717) is 16.4 Å². The summed E-state index contributed by atoms with van der Waals surface area (Å²) in [6.45, 7) is 7.37. The molecule has 0 unspecified atom stereocenters. The number of carbonyl (C=O) groups excluding carboxylic acids is 1. The molecule has 0 fully saturated rings. The number of nitrogens with zero attached hydrogens (tertiary/aromatic N) is 1. The Morgan fingerprint density at radius 1 is 1.08 bits per heavy atom. The van der Waals surface area contributed by atoms with Crippen LogP contribution in [0.15, 0.2) is 36.4 Å². The zero-order chi connectivity index (χ0) is 19.6. The third-order valence-corrected chi connectivity index (χ3v) is 5.59. The van der Waals surface area contributed by atoms with Crippen LogP contribution in [0.1, 0.15) is 23.6 Å². The maximum Gasteiger partial charge on any atom is 0.248 e. The fraction of sp³-hybridized carbons (Fsp3) is 0.316. The summed E-state index contributed by atoms with van der Waals surface area (Å²) in [7, 11) is -3.66. The number of nitrogens with one attached hydrogen (secondary N) is 1. The number of halogens is 1. The molecule has 0 saturated carbocycles. The SMILES string of the molecule is Cc1cc(C)c(NC(=O)[C@@H](C)N(c2ccc(Cl)cc2)S(C)(=O)=O)c(C)c1. The van der Waals surface area contributed by atoms with E-state index in [1.54, 1.807) is 31.2 Å². The second-order valence-corrected chi connectivity index (χ2v) is 8.77. The molecule has 0 aromatic heterocycles. The van der Waals surface area contributed by atoms with Crippen molar-refractivity contribution in [1.29, 1.82) is 0 Å². The first-order chi connectivity index (χ1) is 12.0. The zero-order valence-electron chi connectivity index (χ0n) is 15.5. The predicted molar refractivity (Wildman–Crippen MR) is 108 cm³/mol. The fourth-order valence-electron chi connectivity index (χ4n) is 3.00. The predicted octanol–water partition coefficient (Wildman–Crippen LogP) is 4.06. The van der Waals surface area contributed by atoms with E-state index >= 15 is 0 Å². The Kier molecular flexibility index (Phi) is 5.98. The van der Waals surface area contributed by atoms with Crippen LogP contribution in [-0.4, -0.2) is 26.6 Å². The summed E-state index contributed by atoms with van der Waals surface area (Å²) < 4.78 is 25.7. The average molecular weight is 395 g/mol. The first kappa shape index (κ1) is 20.3. The summed E-state index contributed by atoms with van der Waals surface area (Å²) in [6, 6.07) is 9.36. The molecule has 140 valence electrons. The number of hydrogen-bond donors (Lipinski definition) is 1. The van der Waals surface area contributed by atoms with Gasteiger partial charge in [-0.15, -0.1) is 0 Å². The molecule has 5 nitrogen and oxygen atoms in total. The normalized spacial score (nSPS) is 12.5. The van der Waals surface area contributed by atoms with Gasteiger partial charge < -0.3 is 5.32 Å². The highest BCUT2D eigenvalue weighted by atomic mass is 35.5. The molecule has 2 rings (SSSR count). The lowest BCUT2D eigenvalue weighted by Gasteiger charge is -2.28. The van der Waals surface area contributed by atoms with E-state index < -0.39 is 22.0 Å². The van der Waals surface area contributed by atoms with Gasteiger partial charge in [0.05, 0.1) is 11.9 Å². The maximum absolute atomic E-state index is 12.8. The van der Waals surface area contributed by atoms with Gasteiger partial charge in [-0.05, 0) is 63.1 Å². The summed E-state index contributed by atoms with van der Waals surface area (Å²) in [5.74, 6) is -0.402. The largest absolute Gasteiger partial charge is 0.324 e. The van der Waals surface area contributed by atoms with Crippen LogP contribution in [0.3, 0.4) is 0 Å². The number of sulfonamides is 1. The number of rotatable bonds is 5. The van der Waals surface area contributed by atoms with Crippen LogP contribution in [-0.2, 0) is 14.8 Å². The number of carbonyl (C=O) groups is 1. The van der Waals surface area contributed by atoms with Gasteiger partial charge in [0.1, 0.15) is 6.04 Å². The van der Waals surface area contributed by atoms with Gasteiger partial charge in [0.25, 0.3) is 0 Å². The Labute approximate surface area is 160 Å². The Morgan fingerprint density at radius 3 is 2.04 bits per heavy atom. The quantitative estimate of drug-likeness (QED) is 0.831. The molecule has 0 aliphatic heterocycles. The smallest absolute Gasteiger partial charge is 0.248 e. The van der Waals surface area contributed by atoms with Gasteiger partial charge in [0, 0.05) is 10.7 Å². The van der Waals surface area contributed by atoms with E-state index in [1.807, 2.05) is 32.9 Å². The Hall–Kier alpha value is -2.05. The molecule has 0 heterocycles. The van der Waals surface area contributed by atoms with Crippen molar-refractivity contribution in [2.45, 2.75) is 33.7 Å². The number of anilines is 2. The van der Waals surface area contributed by atoms with Crippen LogP contribution in [0.2, 0.25) is 5.02 Å². The molecule has 0 saturated heterocycles. The Morgan fingerprint density at radius 2 is 1.58 bits per heavy atom. The minimum atomic E-state index is -3.66. The number of aryl methyl sites for hydroxylation is 3. The molecule has 0 aliphatic carbocycles. The third kappa shape index (κ3) is 4.56. The maximum atomic E-state index is 12.8. The summed E-state index contributed by atoms with van der Waals surface area (Å²) >= 11 is 5.88. The van der Waals surface area contributed by atoms with Crippen LogP contribution in [0.5, 0.6) is 0 Å². The molecule has 26 heavy (non-hydrogen) atoms. The molecule has 1 amide bonds. The van der Waals surface area contributed by atoms with Crippen molar-refractivity contribution in [1.82, 2.24) is 0 Å². The van der Waals surface area contributed by atoms with Crippen molar-refractivity contribution >= 4 is 38.9 Å². The lowest BCUT2D eigenvalue weighted by Crippen LogP contribution is -2.45. The van der Waals surface area contributed by atoms with Gasteiger partial charge in [-0.1, -0.05) is 29.3 Å². The average Bonchev–Trinajstić information content (AvgIpc) is 2.51. The van der Waals surface area contributed by atoms with Gasteiger partial charge in [0.15, 0.2) is 0 Å². The van der Waals surface area contributed by atoms with Gasteiger partial charge in [0.2, 0.25) is 15.9 Å². The summed E-state index contributed by atoms with van der Waals surface area (Å²) in [5.41, 5.74) is 4.06. The topological polar surface area (TPSA) is 66.5 Å². The van der Waals surface area contributed by atoms with Crippen molar-refractivity contribution < 1.29 is 13.2 Å². The van der Waals surface area contributed by atoms with Crippen molar-refractivity contribution in [2.75, 3.05) is 15.9 Å². The first-order valence-electron chi connectivity index (χ1n) is 8.14. The summed E-state index contributed by atoms with van der Waals surface area (Å²) in [4.78, 5) is 12.8. The van der Waals surface area contributed by atoms with Crippen LogP contribution in [0, 0.1) is 20.8 Å². The van der Waals surface area contributed by atoms with Crippen molar-refractivity contribution in [3.05, 3.63) is 58.1 Å². The minimum Gasteiger partial charge on any atom is -0.324 e. The van der Waals surface area contributed by atoms with Gasteiger partial charge in [-0.25, -0.2) is 8.42 Å².